The second-order valence-corrected chi connectivity index (χ2v) is 8.02. The van der Waals surface area contributed by atoms with Gasteiger partial charge in [0.25, 0.3) is 0 Å². The Bertz CT molecular complexity index is 572. The summed E-state index contributed by atoms with van der Waals surface area (Å²) in [6.07, 6.45) is 4.49. The summed E-state index contributed by atoms with van der Waals surface area (Å²) >= 11 is 5.59. The van der Waals surface area contributed by atoms with Crippen LogP contribution in [0.15, 0.2) is 18.3 Å². The van der Waals surface area contributed by atoms with Gasteiger partial charge in [-0.25, -0.2) is 17.7 Å². The third-order valence-corrected chi connectivity index (χ3v) is 6.04. The molecule has 0 N–H and O–H groups in total. The van der Waals surface area contributed by atoms with Crippen LogP contribution in [0.25, 0.3) is 0 Å². The highest BCUT2D eigenvalue weighted by molar-refractivity contribution is 7.89. The standard InChI is InChI=1S/C15H23ClN2O3S/c1-13-5-4-9-17-15(13)21-14-6-10-18(11-7-14)22(19,20)12-3-2-8-16/h4-5,9,14H,2-3,6-8,10-12H2,1H3. The number of alkyl halides is 1. The van der Waals surface area contributed by atoms with Gasteiger partial charge in [-0.1, -0.05) is 6.07 Å². The van der Waals surface area contributed by atoms with Crippen LogP contribution < -0.4 is 4.74 Å². The number of aromatic nitrogens is 1. The predicted molar refractivity (Wildman–Crippen MR) is 87.9 cm³/mol. The monoisotopic (exact) mass is 346 g/mol. The fourth-order valence-corrected chi connectivity index (χ4v) is 4.27. The number of nitrogens with zero attached hydrogens (tertiary/aromatic N) is 2. The van der Waals surface area contributed by atoms with Crippen molar-refractivity contribution in [1.82, 2.24) is 9.29 Å². The molecule has 22 heavy (non-hydrogen) atoms. The molecular formula is C15H23ClN2O3S. The molecule has 1 fully saturated rings. The van der Waals surface area contributed by atoms with Crippen LogP contribution in [0.1, 0.15) is 31.2 Å². The minimum atomic E-state index is -3.16. The molecule has 1 aliphatic rings. The third kappa shape index (κ3) is 4.83. The summed E-state index contributed by atoms with van der Waals surface area (Å²) in [5.74, 6) is 1.34. The Labute approximate surface area is 137 Å². The number of piperidine rings is 1. The van der Waals surface area contributed by atoms with Gasteiger partial charge in [0.05, 0.1) is 5.75 Å². The second kappa shape index (κ2) is 8.13. The van der Waals surface area contributed by atoms with Gasteiger partial charge in [0.2, 0.25) is 15.9 Å². The van der Waals surface area contributed by atoms with Gasteiger partial charge < -0.3 is 4.74 Å². The summed E-state index contributed by atoms with van der Waals surface area (Å²) < 4.78 is 31.9. The molecule has 0 spiro atoms. The Kier molecular flexibility index (Phi) is 6.47. The molecule has 0 unspecified atom stereocenters. The van der Waals surface area contributed by atoms with Crippen LogP contribution in [0.4, 0.5) is 0 Å². The average molecular weight is 347 g/mol. The lowest BCUT2D eigenvalue weighted by atomic mass is 10.1. The number of unbranched alkanes of at least 4 members (excludes halogenated alkanes) is 1. The molecule has 5 nitrogen and oxygen atoms in total. The molecule has 0 bridgehead atoms. The van der Waals surface area contributed by atoms with Gasteiger partial charge in [0.1, 0.15) is 6.10 Å². The molecule has 0 amide bonds. The van der Waals surface area contributed by atoms with Gasteiger partial charge in [-0.3, -0.25) is 0 Å². The number of rotatable bonds is 7. The van der Waals surface area contributed by atoms with Crippen LogP contribution in [-0.2, 0) is 10.0 Å². The summed E-state index contributed by atoms with van der Waals surface area (Å²) in [4.78, 5) is 4.22. The molecule has 1 aromatic rings. The number of ether oxygens (including phenoxy) is 1. The molecule has 2 rings (SSSR count). The van der Waals surface area contributed by atoms with Gasteiger partial charge in [-0.05, 0) is 38.7 Å². The van der Waals surface area contributed by atoms with Gasteiger partial charge >= 0.3 is 0 Å². The Hall–Kier alpha value is -0.850. The number of halogens is 1. The first-order valence-corrected chi connectivity index (χ1v) is 9.79. The molecule has 1 saturated heterocycles. The third-order valence-electron chi connectivity index (χ3n) is 3.82. The lowest BCUT2D eigenvalue weighted by molar-refractivity contribution is 0.129. The molecule has 0 atom stereocenters. The SMILES string of the molecule is Cc1cccnc1OC1CCN(S(=O)(=O)CCCCCl)CC1. The molecule has 0 radical (unpaired) electrons. The summed E-state index contributed by atoms with van der Waals surface area (Å²) in [7, 11) is -3.16. The molecule has 0 aromatic carbocycles. The first-order chi connectivity index (χ1) is 10.5. The van der Waals surface area contributed by atoms with E-state index in [1.165, 1.54) is 0 Å². The van der Waals surface area contributed by atoms with Crippen LogP contribution in [0.2, 0.25) is 0 Å². The minimum Gasteiger partial charge on any atom is -0.474 e. The van der Waals surface area contributed by atoms with Crippen molar-refractivity contribution in [2.24, 2.45) is 0 Å². The van der Waals surface area contributed by atoms with E-state index in [1.807, 2.05) is 19.1 Å². The lowest BCUT2D eigenvalue weighted by Crippen LogP contribution is -2.42. The van der Waals surface area contributed by atoms with Crippen molar-refractivity contribution < 1.29 is 13.2 Å². The average Bonchev–Trinajstić information content (AvgIpc) is 2.50. The molecule has 7 heteroatoms. The van der Waals surface area contributed by atoms with Crippen molar-refractivity contribution in [3.05, 3.63) is 23.9 Å². The van der Waals surface area contributed by atoms with E-state index in [0.29, 0.717) is 44.1 Å². The molecule has 124 valence electrons. The fraction of sp³-hybridized carbons (Fsp3) is 0.667. The van der Waals surface area contributed by atoms with E-state index in [9.17, 15) is 8.42 Å². The Morgan fingerprint density at radius 1 is 1.36 bits per heavy atom. The van der Waals surface area contributed by atoms with E-state index < -0.39 is 10.0 Å². The number of hydrogen-bond donors (Lipinski definition) is 0. The number of hydrogen-bond acceptors (Lipinski definition) is 4. The predicted octanol–water partition coefficient (Wildman–Crippen LogP) is 2.58. The van der Waals surface area contributed by atoms with Crippen molar-refractivity contribution in [1.29, 1.82) is 0 Å². The molecule has 1 aromatic heterocycles. The topological polar surface area (TPSA) is 59.5 Å². The van der Waals surface area contributed by atoms with Gasteiger partial charge in [-0.2, -0.15) is 0 Å². The zero-order valence-corrected chi connectivity index (χ0v) is 14.4. The molecule has 2 heterocycles. The highest BCUT2D eigenvalue weighted by atomic mass is 35.5. The van der Waals surface area contributed by atoms with E-state index in [2.05, 4.69) is 4.98 Å². The van der Waals surface area contributed by atoms with E-state index >= 15 is 0 Å². The number of sulfonamides is 1. The zero-order valence-electron chi connectivity index (χ0n) is 12.9. The van der Waals surface area contributed by atoms with E-state index in [0.717, 1.165) is 12.0 Å². The van der Waals surface area contributed by atoms with Crippen LogP contribution in [-0.4, -0.2) is 48.5 Å². The van der Waals surface area contributed by atoms with Crippen LogP contribution in [0, 0.1) is 6.92 Å². The van der Waals surface area contributed by atoms with Gasteiger partial charge in [0.15, 0.2) is 0 Å². The van der Waals surface area contributed by atoms with E-state index in [-0.39, 0.29) is 11.9 Å². The quantitative estimate of drug-likeness (QED) is 0.562. The first-order valence-electron chi connectivity index (χ1n) is 7.65. The smallest absolute Gasteiger partial charge is 0.216 e. The van der Waals surface area contributed by atoms with Gasteiger partial charge in [-0.15, -0.1) is 11.6 Å². The van der Waals surface area contributed by atoms with Crippen LogP contribution >= 0.6 is 11.6 Å². The van der Waals surface area contributed by atoms with Crippen molar-refractivity contribution in [3.8, 4) is 5.88 Å². The maximum absolute atomic E-state index is 12.2. The Morgan fingerprint density at radius 2 is 2.09 bits per heavy atom. The maximum atomic E-state index is 12.2. The zero-order chi connectivity index (χ0) is 16.0. The van der Waals surface area contributed by atoms with Crippen molar-refractivity contribution in [2.45, 2.75) is 38.7 Å². The van der Waals surface area contributed by atoms with Crippen LogP contribution in [0.5, 0.6) is 5.88 Å². The molecule has 0 saturated carbocycles. The van der Waals surface area contributed by atoms with Gasteiger partial charge in [0, 0.05) is 30.7 Å². The van der Waals surface area contributed by atoms with Crippen molar-refractivity contribution >= 4 is 21.6 Å². The lowest BCUT2D eigenvalue weighted by Gasteiger charge is -2.31. The first kappa shape index (κ1) is 17.5. The van der Waals surface area contributed by atoms with E-state index in [4.69, 9.17) is 16.3 Å². The van der Waals surface area contributed by atoms with Crippen LogP contribution in [0.3, 0.4) is 0 Å². The summed E-state index contributed by atoms with van der Waals surface area (Å²) in [6, 6.07) is 3.83. The van der Waals surface area contributed by atoms with E-state index in [1.54, 1.807) is 10.5 Å². The second-order valence-electron chi connectivity index (χ2n) is 5.55. The summed E-state index contributed by atoms with van der Waals surface area (Å²) in [6.45, 7) is 2.98. The normalized spacial score (nSPS) is 17.5. The minimum absolute atomic E-state index is 0.0305. The van der Waals surface area contributed by atoms with Crippen molar-refractivity contribution in [3.63, 3.8) is 0 Å². The highest BCUT2D eigenvalue weighted by Gasteiger charge is 2.28. The molecule has 1 aliphatic heterocycles. The summed E-state index contributed by atoms with van der Waals surface area (Å²) in [5.41, 5.74) is 0.999. The Morgan fingerprint density at radius 3 is 2.73 bits per heavy atom. The molecule has 0 aliphatic carbocycles. The summed E-state index contributed by atoms with van der Waals surface area (Å²) in [5, 5.41) is 0. The highest BCUT2D eigenvalue weighted by Crippen LogP contribution is 2.21. The Balaban J connectivity index is 1.84. The van der Waals surface area contributed by atoms with Crippen molar-refractivity contribution in [2.75, 3.05) is 24.7 Å². The largest absolute Gasteiger partial charge is 0.474 e. The number of pyridine rings is 1. The maximum Gasteiger partial charge on any atom is 0.216 e. The number of aryl methyl sites for hydroxylation is 1. The molecular weight excluding hydrogens is 324 g/mol. The fourth-order valence-electron chi connectivity index (χ4n) is 2.49.